The smallest absolute Gasteiger partial charge is 0.268 e. The first-order chi connectivity index (χ1) is 13.6. The van der Waals surface area contributed by atoms with Crippen LogP contribution in [0.5, 0.6) is 0 Å². The predicted octanol–water partition coefficient (Wildman–Crippen LogP) is 6.69. The standard InChI is InChI=1S/C16H6Cl6N4O3/c17-15(18,19)13-25-23-11(28-13)4-2-9-6-8-5-7(1-3-10(8)27-9)12-24-26-14(29-12)16(20,21)22/h1-6H. The summed E-state index contributed by atoms with van der Waals surface area (Å²) in [5, 5.41) is 15.8. The van der Waals surface area contributed by atoms with Crippen molar-refractivity contribution in [2.45, 2.75) is 7.59 Å². The SMILES string of the molecule is ClC(Cl)(Cl)c1nnc(C=Cc2cc3cc(-c4nnc(C(Cl)(Cl)Cl)o4)ccc3o2)o1. The van der Waals surface area contributed by atoms with Crippen molar-refractivity contribution < 1.29 is 13.3 Å². The highest BCUT2D eigenvalue weighted by Crippen LogP contribution is 2.39. The highest BCUT2D eigenvalue weighted by Gasteiger charge is 2.31. The van der Waals surface area contributed by atoms with Crippen LogP contribution in [0.15, 0.2) is 37.5 Å². The number of hydrogen-bond donors (Lipinski definition) is 0. The number of rotatable bonds is 3. The quantitative estimate of drug-likeness (QED) is 0.281. The molecule has 0 radical (unpaired) electrons. The molecule has 0 saturated heterocycles. The maximum absolute atomic E-state index is 5.74. The topological polar surface area (TPSA) is 91.0 Å². The molecule has 3 aromatic heterocycles. The minimum absolute atomic E-state index is 0.123. The normalized spacial score (nSPS) is 13.0. The van der Waals surface area contributed by atoms with E-state index in [9.17, 15) is 0 Å². The van der Waals surface area contributed by atoms with Gasteiger partial charge in [0, 0.05) is 17.0 Å². The maximum Gasteiger partial charge on any atom is 0.268 e. The summed E-state index contributed by atoms with van der Waals surface area (Å²) >= 11 is 34.3. The molecule has 0 aliphatic heterocycles. The lowest BCUT2D eigenvalue weighted by atomic mass is 10.1. The Morgan fingerprint density at radius 3 is 2.07 bits per heavy atom. The summed E-state index contributed by atoms with van der Waals surface area (Å²) in [5.41, 5.74) is 1.26. The minimum Gasteiger partial charge on any atom is -0.457 e. The predicted molar refractivity (Wildman–Crippen MR) is 111 cm³/mol. The third-order valence-electron chi connectivity index (χ3n) is 3.52. The van der Waals surface area contributed by atoms with Gasteiger partial charge < -0.3 is 13.3 Å². The summed E-state index contributed by atoms with van der Waals surface area (Å²) in [4.78, 5) is 0. The molecule has 3 heterocycles. The number of alkyl halides is 6. The van der Waals surface area contributed by atoms with Crippen LogP contribution in [0.1, 0.15) is 23.4 Å². The molecule has 0 aliphatic rings. The van der Waals surface area contributed by atoms with Crippen molar-refractivity contribution in [3.05, 3.63) is 47.7 Å². The fraction of sp³-hybridized carbons (Fsp3) is 0.125. The molecule has 0 unspecified atom stereocenters. The van der Waals surface area contributed by atoms with Crippen LogP contribution in [-0.4, -0.2) is 20.4 Å². The van der Waals surface area contributed by atoms with Crippen LogP contribution in [-0.2, 0) is 7.59 Å². The second-order valence-corrected chi connectivity index (χ2v) is 10.2. The summed E-state index contributed by atoms with van der Waals surface area (Å²) in [5.74, 6) is 0.625. The van der Waals surface area contributed by atoms with E-state index in [4.69, 9.17) is 82.9 Å². The Bertz CT molecular complexity index is 1200. The maximum atomic E-state index is 5.74. The molecule has 0 fully saturated rings. The molecule has 4 aromatic rings. The van der Waals surface area contributed by atoms with Gasteiger partial charge in [0.15, 0.2) is 0 Å². The van der Waals surface area contributed by atoms with E-state index in [0.29, 0.717) is 16.9 Å². The summed E-state index contributed by atoms with van der Waals surface area (Å²) in [6.07, 6.45) is 3.15. The van der Waals surface area contributed by atoms with Gasteiger partial charge in [-0.15, -0.1) is 20.4 Å². The first-order valence-electron chi connectivity index (χ1n) is 7.63. The highest BCUT2D eigenvalue weighted by molar-refractivity contribution is 6.66. The molecular weight excluding hydrogens is 509 g/mol. The second-order valence-electron chi connectivity index (χ2n) is 5.59. The highest BCUT2D eigenvalue weighted by atomic mass is 35.6. The first kappa shape index (κ1) is 20.8. The van der Waals surface area contributed by atoms with Crippen LogP contribution in [0, 0.1) is 0 Å². The lowest BCUT2D eigenvalue weighted by Crippen LogP contribution is -1.99. The number of fused-ring (bicyclic) bond motifs is 1. The van der Waals surface area contributed by atoms with Gasteiger partial charge >= 0.3 is 0 Å². The van der Waals surface area contributed by atoms with Crippen molar-refractivity contribution in [1.29, 1.82) is 0 Å². The number of halogens is 6. The number of nitrogens with zero attached hydrogens (tertiary/aromatic N) is 4. The first-order valence-corrected chi connectivity index (χ1v) is 9.90. The van der Waals surface area contributed by atoms with E-state index >= 15 is 0 Å². The molecule has 29 heavy (non-hydrogen) atoms. The van der Waals surface area contributed by atoms with E-state index in [-0.39, 0.29) is 23.6 Å². The van der Waals surface area contributed by atoms with E-state index in [1.807, 2.05) is 0 Å². The van der Waals surface area contributed by atoms with Crippen LogP contribution in [0.25, 0.3) is 34.6 Å². The molecular formula is C16H6Cl6N4O3. The molecule has 0 amide bonds. The van der Waals surface area contributed by atoms with Gasteiger partial charge in [0.1, 0.15) is 11.3 Å². The number of furan rings is 1. The minimum atomic E-state index is -1.80. The van der Waals surface area contributed by atoms with E-state index in [1.165, 1.54) is 6.08 Å². The van der Waals surface area contributed by atoms with E-state index < -0.39 is 7.59 Å². The van der Waals surface area contributed by atoms with Crippen LogP contribution < -0.4 is 0 Å². The van der Waals surface area contributed by atoms with Gasteiger partial charge in [-0.05, 0) is 30.3 Å². The van der Waals surface area contributed by atoms with Crippen molar-refractivity contribution >= 4 is 92.7 Å². The second kappa shape index (κ2) is 7.65. The van der Waals surface area contributed by atoms with E-state index in [1.54, 1.807) is 30.3 Å². The van der Waals surface area contributed by atoms with Crippen LogP contribution in [0.2, 0.25) is 0 Å². The van der Waals surface area contributed by atoms with Crippen molar-refractivity contribution in [2.75, 3.05) is 0 Å². The fourth-order valence-corrected chi connectivity index (χ4v) is 2.76. The third kappa shape index (κ3) is 4.66. The molecule has 0 atom stereocenters. The molecule has 0 saturated carbocycles. The molecule has 150 valence electrons. The number of benzene rings is 1. The molecule has 0 bridgehead atoms. The average molecular weight is 515 g/mol. The van der Waals surface area contributed by atoms with Gasteiger partial charge in [0.05, 0.1) is 0 Å². The van der Waals surface area contributed by atoms with Crippen molar-refractivity contribution in [3.8, 4) is 11.5 Å². The van der Waals surface area contributed by atoms with Gasteiger partial charge in [-0.3, -0.25) is 0 Å². The van der Waals surface area contributed by atoms with Crippen LogP contribution in [0.3, 0.4) is 0 Å². The largest absolute Gasteiger partial charge is 0.457 e. The van der Waals surface area contributed by atoms with Crippen molar-refractivity contribution in [2.24, 2.45) is 0 Å². The summed E-state index contributed by atoms with van der Waals surface area (Å²) < 4.78 is 12.8. The molecule has 1 aromatic carbocycles. The van der Waals surface area contributed by atoms with E-state index in [0.717, 1.165) is 5.39 Å². The fourth-order valence-electron chi connectivity index (χ4n) is 2.30. The number of aromatic nitrogens is 4. The Morgan fingerprint density at radius 2 is 1.41 bits per heavy atom. The Balaban J connectivity index is 1.58. The average Bonchev–Trinajstić information content (AvgIpc) is 3.35. The summed E-state index contributed by atoms with van der Waals surface area (Å²) in [6, 6.07) is 7.06. The lowest BCUT2D eigenvalue weighted by Gasteiger charge is -2.02. The number of hydrogen-bond acceptors (Lipinski definition) is 7. The third-order valence-corrected chi connectivity index (χ3v) is 4.49. The zero-order valence-corrected chi connectivity index (χ0v) is 18.3. The Morgan fingerprint density at radius 1 is 0.724 bits per heavy atom. The monoisotopic (exact) mass is 512 g/mol. The van der Waals surface area contributed by atoms with Gasteiger partial charge in [-0.25, -0.2) is 0 Å². The lowest BCUT2D eigenvalue weighted by molar-refractivity contribution is 0.493. The van der Waals surface area contributed by atoms with Crippen molar-refractivity contribution in [3.63, 3.8) is 0 Å². The van der Waals surface area contributed by atoms with Crippen molar-refractivity contribution in [1.82, 2.24) is 20.4 Å². The molecule has 0 N–H and O–H groups in total. The molecule has 7 nitrogen and oxygen atoms in total. The summed E-state index contributed by atoms with van der Waals surface area (Å²) in [6.45, 7) is 0. The van der Waals surface area contributed by atoms with Gasteiger partial charge in [0.2, 0.25) is 11.8 Å². The van der Waals surface area contributed by atoms with Crippen LogP contribution in [0.4, 0.5) is 0 Å². The zero-order chi connectivity index (χ0) is 20.8. The van der Waals surface area contributed by atoms with Gasteiger partial charge in [0.25, 0.3) is 19.4 Å². The Kier molecular flexibility index (Phi) is 5.48. The molecule has 0 aliphatic carbocycles. The summed E-state index contributed by atoms with van der Waals surface area (Å²) in [7, 11) is 0. The van der Waals surface area contributed by atoms with Gasteiger partial charge in [-0.1, -0.05) is 69.6 Å². The van der Waals surface area contributed by atoms with Gasteiger partial charge in [-0.2, -0.15) is 0 Å². The molecule has 13 heteroatoms. The zero-order valence-electron chi connectivity index (χ0n) is 13.7. The van der Waals surface area contributed by atoms with Crippen LogP contribution >= 0.6 is 69.6 Å². The van der Waals surface area contributed by atoms with E-state index in [2.05, 4.69) is 20.4 Å². The Hall–Kier alpha value is -1.48. The molecule has 0 spiro atoms. The Labute approximate surface area is 192 Å². The molecule has 4 rings (SSSR count).